The van der Waals surface area contributed by atoms with Crippen LogP contribution in [0.3, 0.4) is 0 Å². The van der Waals surface area contributed by atoms with Crippen molar-refractivity contribution in [2.45, 2.75) is 0 Å². The Hall–Kier alpha value is -6.02. The van der Waals surface area contributed by atoms with Crippen molar-refractivity contribution in [1.29, 1.82) is 0 Å². The zero-order valence-corrected chi connectivity index (χ0v) is 25.4. The fraction of sp³-hybridized carbons (Fsp3) is 0.105. The van der Waals surface area contributed by atoms with E-state index in [-0.39, 0.29) is 25.0 Å². The average molecular weight is 613 g/mol. The van der Waals surface area contributed by atoms with Crippen LogP contribution in [0.1, 0.15) is 0 Å². The Morgan fingerprint density at radius 3 is 1.33 bits per heavy atom. The lowest BCUT2D eigenvalue weighted by molar-refractivity contribution is -0.118. The topological polar surface area (TPSA) is 95.1 Å². The van der Waals surface area contributed by atoms with E-state index >= 15 is 0 Å². The van der Waals surface area contributed by atoms with Gasteiger partial charge in [-0.2, -0.15) is 0 Å². The molecule has 0 bridgehead atoms. The molecule has 0 saturated heterocycles. The standard InChI is InChI=1S/C38H32N2O6/c1-43-35-21-29(13-17-33(35)39-37(41)23-45-31-15-11-25-7-3-5-9-27(25)19-31)30-14-18-34(36(22-30)44-2)40-38(42)24-46-32-16-12-26-8-4-6-10-28(26)20-32/h3-22H,23-24H2,1-2H3,(H,39,41)(H,40,42). The lowest BCUT2D eigenvalue weighted by Crippen LogP contribution is -2.20. The average Bonchev–Trinajstić information content (AvgIpc) is 3.10. The molecule has 0 aliphatic rings. The molecule has 0 aromatic heterocycles. The maximum absolute atomic E-state index is 12.7. The quantitative estimate of drug-likeness (QED) is 0.156. The predicted molar refractivity (Wildman–Crippen MR) is 181 cm³/mol. The van der Waals surface area contributed by atoms with Gasteiger partial charge in [-0.15, -0.1) is 0 Å². The van der Waals surface area contributed by atoms with Crippen molar-refractivity contribution < 1.29 is 28.5 Å². The summed E-state index contributed by atoms with van der Waals surface area (Å²) in [4.78, 5) is 25.4. The molecular weight excluding hydrogens is 580 g/mol. The molecule has 0 saturated carbocycles. The van der Waals surface area contributed by atoms with Gasteiger partial charge in [0.1, 0.15) is 23.0 Å². The van der Waals surface area contributed by atoms with E-state index < -0.39 is 0 Å². The third-order valence-electron chi connectivity index (χ3n) is 7.47. The minimum atomic E-state index is -0.314. The second-order valence-electron chi connectivity index (χ2n) is 10.5. The lowest BCUT2D eigenvalue weighted by atomic mass is 10.0. The highest BCUT2D eigenvalue weighted by Crippen LogP contribution is 2.35. The van der Waals surface area contributed by atoms with Crippen molar-refractivity contribution in [1.82, 2.24) is 0 Å². The Morgan fingerprint density at radius 2 is 0.913 bits per heavy atom. The van der Waals surface area contributed by atoms with Crippen molar-refractivity contribution in [3.05, 3.63) is 121 Å². The number of rotatable bonds is 11. The normalized spacial score (nSPS) is 10.7. The molecule has 8 heteroatoms. The molecule has 8 nitrogen and oxygen atoms in total. The smallest absolute Gasteiger partial charge is 0.262 e. The zero-order valence-electron chi connectivity index (χ0n) is 25.4. The lowest BCUT2D eigenvalue weighted by Gasteiger charge is -2.15. The van der Waals surface area contributed by atoms with Crippen LogP contribution in [0.4, 0.5) is 11.4 Å². The maximum Gasteiger partial charge on any atom is 0.262 e. The first-order valence-corrected chi connectivity index (χ1v) is 14.7. The fourth-order valence-electron chi connectivity index (χ4n) is 5.13. The highest BCUT2D eigenvalue weighted by molar-refractivity contribution is 5.95. The predicted octanol–water partition coefficient (Wildman–Crippen LogP) is 7.71. The summed E-state index contributed by atoms with van der Waals surface area (Å²) in [6.07, 6.45) is 0. The molecule has 0 aliphatic carbocycles. The Bertz CT molecular complexity index is 1890. The number of carbonyl (C=O) groups excluding carboxylic acids is 2. The molecule has 0 spiro atoms. The van der Waals surface area contributed by atoms with Gasteiger partial charge in [0.2, 0.25) is 0 Å². The molecule has 230 valence electrons. The van der Waals surface area contributed by atoms with Crippen LogP contribution in [0, 0.1) is 0 Å². The first-order valence-electron chi connectivity index (χ1n) is 14.7. The highest BCUT2D eigenvalue weighted by atomic mass is 16.5. The molecule has 2 amide bonds. The summed E-state index contributed by atoms with van der Waals surface area (Å²) >= 11 is 0. The van der Waals surface area contributed by atoms with Crippen molar-refractivity contribution in [3.8, 4) is 34.1 Å². The Morgan fingerprint density at radius 1 is 0.500 bits per heavy atom. The van der Waals surface area contributed by atoms with Crippen LogP contribution in [0.25, 0.3) is 32.7 Å². The number of amides is 2. The third kappa shape index (κ3) is 7.03. The van der Waals surface area contributed by atoms with Gasteiger partial charge < -0.3 is 29.6 Å². The largest absolute Gasteiger partial charge is 0.495 e. The second kappa shape index (κ2) is 13.7. The molecule has 46 heavy (non-hydrogen) atoms. The minimum Gasteiger partial charge on any atom is -0.495 e. The van der Waals surface area contributed by atoms with E-state index in [1.54, 1.807) is 26.4 Å². The van der Waals surface area contributed by atoms with Crippen molar-refractivity contribution in [2.24, 2.45) is 0 Å². The summed E-state index contributed by atoms with van der Waals surface area (Å²) in [7, 11) is 3.08. The number of carbonyl (C=O) groups is 2. The van der Waals surface area contributed by atoms with Crippen LogP contribution in [-0.2, 0) is 9.59 Å². The molecule has 6 aromatic rings. The van der Waals surface area contributed by atoms with E-state index in [4.69, 9.17) is 18.9 Å². The Balaban J connectivity index is 1.08. The van der Waals surface area contributed by atoms with E-state index in [0.717, 1.165) is 32.7 Å². The molecule has 0 fully saturated rings. The van der Waals surface area contributed by atoms with Gasteiger partial charge in [-0.3, -0.25) is 9.59 Å². The first kappa shape index (κ1) is 30.0. The Kier molecular flexibility index (Phi) is 8.97. The summed E-state index contributed by atoms with van der Waals surface area (Å²) in [5.74, 6) is 1.57. The maximum atomic E-state index is 12.7. The second-order valence-corrected chi connectivity index (χ2v) is 10.5. The number of nitrogens with one attached hydrogen (secondary N) is 2. The van der Waals surface area contributed by atoms with E-state index in [1.807, 2.05) is 109 Å². The number of hydrogen-bond acceptors (Lipinski definition) is 6. The zero-order chi connectivity index (χ0) is 31.9. The molecule has 2 N–H and O–H groups in total. The summed E-state index contributed by atoms with van der Waals surface area (Å²) < 4.78 is 22.6. The number of methoxy groups -OCH3 is 2. The Labute approximate surface area is 266 Å². The molecular formula is C38H32N2O6. The summed E-state index contributed by atoms with van der Waals surface area (Å²) in [5.41, 5.74) is 2.69. The molecule has 0 atom stereocenters. The summed E-state index contributed by atoms with van der Waals surface area (Å²) in [5, 5.41) is 10.00. The number of fused-ring (bicyclic) bond motifs is 2. The van der Waals surface area contributed by atoms with Crippen LogP contribution in [0.5, 0.6) is 23.0 Å². The van der Waals surface area contributed by atoms with Crippen molar-refractivity contribution >= 4 is 44.7 Å². The van der Waals surface area contributed by atoms with Gasteiger partial charge in [0.05, 0.1) is 25.6 Å². The van der Waals surface area contributed by atoms with Gasteiger partial charge in [-0.1, -0.05) is 72.8 Å². The number of hydrogen-bond donors (Lipinski definition) is 2. The number of benzene rings is 6. The monoisotopic (exact) mass is 612 g/mol. The van der Waals surface area contributed by atoms with E-state index in [9.17, 15) is 9.59 Å². The number of anilines is 2. The van der Waals surface area contributed by atoms with Crippen LogP contribution in [-0.4, -0.2) is 39.2 Å². The van der Waals surface area contributed by atoms with E-state index in [2.05, 4.69) is 10.6 Å². The fourth-order valence-corrected chi connectivity index (χ4v) is 5.13. The van der Waals surface area contributed by atoms with Gasteiger partial charge in [0.25, 0.3) is 11.8 Å². The first-order chi connectivity index (χ1) is 22.5. The van der Waals surface area contributed by atoms with Crippen LogP contribution in [0.15, 0.2) is 121 Å². The summed E-state index contributed by atoms with van der Waals surface area (Å²) in [6, 6.07) is 38.3. The molecule has 6 aromatic carbocycles. The van der Waals surface area contributed by atoms with E-state index in [1.165, 1.54) is 0 Å². The molecule has 6 rings (SSSR count). The SMILES string of the molecule is COc1cc(-c2ccc(NC(=O)COc3ccc4ccccc4c3)c(OC)c2)ccc1NC(=O)COc1ccc2ccccc2c1. The van der Waals surface area contributed by atoms with Gasteiger partial charge in [-0.05, 0) is 81.2 Å². The minimum absolute atomic E-state index is 0.152. The highest BCUT2D eigenvalue weighted by Gasteiger charge is 2.14. The van der Waals surface area contributed by atoms with Crippen LogP contribution >= 0.6 is 0 Å². The molecule has 0 heterocycles. The third-order valence-corrected chi connectivity index (χ3v) is 7.47. The number of ether oxygens (including phenoxy) is 4. The molecule has 0 unspecified atom stereocenters. The van der Waals surface area contributed by atoms with Gasteiger partial charge in [0.15, 0.2) is 13.2 Å². The van der Waals surface area contributed by atoms with Crippen molar-refractivity contribution in [3.63, 3.8) is 0 Å². The van der Waals surface area contributed by atoms with Gasteiger partial charge in [0, 0.05) is 0 Å². The van der Waals surface area contributed by atoms with Crippen LogP contribution < -0.4 is 29.6 Å². The van der Waals surface area contributed by atoms with Crippen LogP contribution in [0.2, 0.25) is 0 Å². The summed E-state index contributed by atoms with van der Waals surface area (Å²) in [6.45, 7) is -0.304. The molecule has 0 aliphatic heterocycles. The van der Waals surface area contributed by atoms with Gasteiger partial charge in [-0.25, -0.2) is 0 Å². The van der Waals surface area contributed by atoms with Crippen molar-refractivity contribution in [2.75, 3.05) is 38.1 Å². The molecule has 0 radical (unpaired) electrons. The van der Waals surface area contributed by atoms with Gasteiger partial charge >= 0.3 is 0 Å². The van der Waals surface area contributed by atoms with E-state index in [0.29, 0.717) is 34.4 Å².